The third kappa shape index (κ3) is 2.04. The molecule has 1 aromatic carbocycles. The zero-order chi connectivity index (χ0) is 14.4. The normalized spacial score (nSPS) is 14.4. The number of nitrogens with two attached hydrogens (primary N) is 1. The first kappa shape index (κ1) is 12.3. The van der Waals surface area contributed by atoms with Crippen molar-refractivity contribution in [2.75, 3.05) is 12.3 Å². The molecule has 3 aromatic rings. The summed E-state index contributed by atoms with van der Waals surface area (Å²) in [5.41, 5.74) is 7.17. The Morgan fingerprint density at radius 1 is 1.33 bits per heavy atom. The van der Waals surface area contributed by atoms with E-state index >= 15 is 0 Å². The van der Waals surface area contributed by atoms with E-state index in [9.17, 15) is 4.79 Å². The number of nitrogen functional groups attached to an aromatic ring is 1. The minimum Gasteiger partial charge on any atom is -0.375 e. The van der Waals surface area contributed by atoms with Gasteiger partial charge in [0.05, 0.1) is 16.8 Å². The second kappa shape index (κ2) is 4.52. The van der Waals surface area contributed by atoms with E-state index in [0.717, 1.165) is 22.6 Å². The van der Waals surface area contributed by atoms with Crippen LogP contribution in [0.4, 0.5) is 5.13 Å². The van der Waals surface area contributed by atoms with Crippen molar-refractivity contribution in [2.45, 2.75) is 13.1 Å². The Hall–Kier alpha value is -2.48. The number of carbonyl (C=O) groups is 1. The van der Waals surface area contributed by atoms with Crippen LogP contribution in [0.15, 0.2) is 24.5 Å². The molecule has 4 rings (SSSR count). The molecule has 0 spiro atoms. The number of anilines is 1. The third-order valence-corrected chi connectivity index (χ3v) is 4.43. The molecular weight excluding hydrogens is 288 g/mol. The highest BCUT2D eigenvalue weighted by Gasteiger charge is 2.23. The number of rotatable bonds is 1. The second-order valence-electron chi connectivity index (χ2n) is 4.90. The molecule has 0 unspecified atom stereocenters. The van der Waals surface area contributed by atoms with E-state index in [2.05, 4.69) is 15.2 Å². The number of benzene rings is 1. The second-order valence-corrected chi connectivity index (χ2v) is 5.96. The third-order valence-electron chi connectivity index (χ3n) is 3.58. The molecule has 0 saturated heterocycles. The quantitative estimate of drug-likeness (QED) is 0.727. The lowest BCUT2D eigenvalue weighted by Gasteiger charge is -2.27. The Morgan fingerprint density at radius 3 is 3.14 bits per heavy atom. The highest BCUT2D eigenvalue weighted by Crippen LogP contribution is 2.25. The van der Waals surface area contributed by atoms with Crippen LogP contribution in [0.1, 0.15) is 16.2 Å². The van der Waals surface area contributed by atoms with Gasteiger partial charge in [-0.05, 0) is 18.2 Å². The Balaban J connectivity index is 1.64. The molecule has 7 nitrogen and oxygen atoms in total. The molecule has 1 aliphatic heterocycles. The summed E-state index contributed by atoms with van der Waals surface area (Å²) in [6.45, 7) is 1.87. The van der Waals surface area contributed by atoms with Crippen LogP contribution in [0, 0.1) is 0 Å². The Labute approximate surface area is 124 Å². The van der Waals surface area contributed by atoms with Gasteiger partial charge in [0, 0.05) is 18.7 Å². The van der Waals surface area contributed by atoms with E-state index in [1.165, 1.54) is 11.3 Å². The molecule has 2 aromatic heterocycles. The monoisotopic (exact) mass is 300 g/mol. The molecule has 0 aliphatic carbocycles. The van der Waals surface area contributed by atoms with Crippen molar-refractivity contribution in [1.82, 2.24) is 24.6 Å². The number of fused-ring (bicyclic) bond motifs is 2. The molecule has 1 amide bonds. The van der Waals surface area contributed by atoms with E-state index in [4.69, 9.17) is 5.73 Å². The lowest BCUT2D eigenvalue weighted by atomic mass is 10.1. The molecule has 8 heteroatoms. The van der Waals surface area contributed by atoms with Gasteiger partial charge in [-0.3, -0.25) is 4.79 Å². The lowest BCUT2D eigenvalue weighted by molar-refractivity contribution is 0.0707. The smallest absolute Gasteiger partial charge is 0.254 e. The average Bonchev–Trinajstić information content (AvgIpc) is 3.09. The zero-order valence-electron chi connectivity index (χ0n) is 11.1. The summed E-state index contributed by atoms with van der Waals surface area (Å²) in [6.07, 6.45) is 1.70. The Bertz CT molecular complexity index is 838. The van der Waals surface area contributed by atoms with Crippen LogP contribution in [-0.2, 0) is 13.1 Å². The minimum atomic E-state index is -0.00174. The van der Waals surface area contributed by atoms with Crippen molar-refractivity contribution >= 4 is 32.6 Å². The summed E-state index contributed by atoms with van der Waals surface area (Å²) in [5.74, 6) is 0.816. The van der Waals surface area contributed by atoms with E-state index in [-0.39, 0.29) is 5.91 Å². The molecule has 0 saturated carbocycles. The maximum Gasteiger partial charge on any atom is 0.254 e. The van der Waals surface area contributed by atoms with E-state index in [0.29, 0.717) is 23.8 Å². The maximum absolute atomic E-state index is 12.6. The van der Waals surface area contributed by atoms with Crippen LogP contribution < -0.4 is 5.73 Å². The molecule has 0 radical (unpaired) electrons. The van der Waals surface area contributed by atoms with Crippen molar-refractivity contribution < 1.29 is 4.79 Å². The first-order valence-electron chi connectivity index (χ1n) is 6.53. The molecule has 3 heterocycles. The number of amides is 1. The summed E-state index contributed by atoms with van der Waals surface area (Å²) in [7, 11) is 0. The minimum absolute atomic E-state index is 0.00174. The molecule has 0 fully saturated rings. The Morgan fingerprint density at radius 2 is 2.24 bits per heavy atom. The summed E-state index contributed by atoms with van der Waals surface area (Å²) in [6, 6.07) is 5.48. The van der Waals surface area contributed by atoms with Gasteiger partial charge in [-0.15, -0.1) is 10.2 Å². The van der Waals surface area contributed by atoms with Gasteiger partial charge in [-0.25, -0.2) is 4.98 Å². The molecule has 2 N–H and O–H groups in total. The van der Waals surface area contributed by atoms with Gasteiger partial charge in [-0.1, -0.05) is 11.3 Å². The lowest BCUT2D eigenvalue weighted by Crippen LogP contribution is -2.38. The fourth-order valence-electron chi connectivity index (χ4n) is 2.50. The van der Waals surface area contributed by atoms with Gasteiger partial charge < -0.3 is 15.2 Å². The summed E-state index contributed by atoms with van der Waals surface area (Å²) in [5, 5.41) is 8.41. The molecule has 106 valence electrons. The van der Waals surface area contributed by atoms with Crippen molar-refractivity contribution in [1.29, 1.82) is 0 Å². The van der Waals surface area contributed by atoms with E-state index < -0.39 is 0 Å². The molecule has 1 aliphatic rings. The van der Waals surface area contributed by atoms with Crippen molar-refractivity contribution in [2.24, 2.45) is 0 Å². The van der Waals surface area contributed by atoms with Crippen molar-refractivity contribution in [3.63, 3.8) is 0 Å². The van der Waals surface area contributed by atoms with E-state index in [1.54, 1.807) is 17.3 Å². The number of carbonyl (C=O) groups excluding carboxylic acids is 1. The number of hydrogen-bond acceptors (Lipinski definition) is 6. The highest BCUT2D eigenvalue weighted by atomic mass is 32.1. The highest BCUT2D eigenvalue weighted by molar-refractivity contribution is 7.22. The van der Waals surface area contributed by atoms with Gasteiger partial charge in [0.15, 0.2) is 11.0 Å². The zero-order valence-corrected chi connectivity index (χ0v) is 11.9. The van der Waals surface area contributed by atoms with Crippen LogP contribution in [-0.4, -0.2) is 37.1 Å². The van der Waals surface area contributed by atoms with Crippen LogP contribution in [0.3, 0.4) is 0 Å². The Kier molecular flexibility index (Phi) is 2.64. The van der Waals surface area contributed by atoms with Gasteiger partial charge in [0.25, 0.3) is 5.91 Å². The molecular formula is C13H12N6OS. The topological polar surface area (TPSA) is 89.9 Å². The standard InChI is InChI=1S/C13H12N6OS/c14-13-16-9-2-1-8(5-10(9)21-13)12(20)18-3-4-19-7-15-17-11(19)6-18/h1-2,5,7H,3-4,6H2,(H2,14,16). The number of nitrogens with zero attached hydrogens (tertiary/aromatic N) is 5. The summed E-state index contributed by atoms with van der Waals surface area (Å²) < 4.78 is 2.90. The number of aromatic nitrogens is 4. The predicted molar refractivity (Wildman–Crippen MR) is 78.8 cm³/mol. The molecule has 21 heavy (non-hydrogen) atoms. The predicted octanol–water partition coefficient (Wildman–Crippen LogP) is 1.13. The molecule has 0 atom stereocenters. The first-order valence-corrected chi connectivity index (χ1v) is 7.34. The van der Waals surface area contributed by atoms with Gasteiger partial charge >= 0.3 is 0 Å². The van der Waals surface area contributed by atoms with Gasteiger partial charge in [0.2, 0.25) is 0 Å². The fraction of sp³-hybridized carbons (Fsp3) is 0.231. The first-order chi connectivity index (χ1) is 10.2. The van der Waals surface area contributed by atoms with Crippen LogP contribution in [0.25, 0.3) is 10.2 Å². The average molecular weight is 300 g/mol. The maximum atomic E-state index is 12.6. The fourth-order valence-corrected chi connectivity index (χ4v) is 3.27. The van der Waals surface area contributed by atoms with Crippen LogP contribution in [0.5, 0.6) is 0 Å². The largest absolute Gasteiger partial charge is 0.375 e. The van der Waals surface area contributed by atoms with Crippen LogP contribution >= 0.6 is 11.3 Å². The summed E-state index contributed by atoms with van der Waals surface area (Å²) >= 11 is 1.39. The SMILES string of the molecule is Nc1nc2ccc(C(=O)N3CCn4cnnc4C3)cc2s1. The molecule has 0 bridgehead atoms. The summed E-state index contributed by atoms with van der Waals surface area (Å²) in [4.78, 5) is 18.6. The number of hydrogen-bond donors (Lipinski definition) is 1. The van der Waals surface area contributed by atoms with Gasteiger partial charge in [0.1, 0.15) is 6.33 Å². The van der Waals surface area contributed by atoms with E-state index in [1.807, 2.05) is 16.7 Å². The number of thiazole rings is 1. The van der Waals surface area contributed by atoms with Crippen molar-refractivity contribution in [3.05, 3.63) is 35.9 Å². The van der Waals surface area contributed by atoms with Crippen molar-refractivity contribution in [3.8, 4) is 0 Å². The van der Waals surface area contributed by atoms with Gasteiger partial charge in [-0.2, -0.15) is 0 Å². The van der Waals surface area contributed by atoms with Crippen LogP contribution in [0.2, 0.25) is 0 Å².